The van der Waals surface area contributed by atoms with E-state index in [2.05, 4.69) is 15.4 Å². The van der Waals surface area contributed by atoms with E-state index in [0.29, 0.717) is 5.01 Å². The lowest BCUT2D eigenvalue weighted by Crippen LogP contribution is -2.43. The quantitative estimate of drug-likeness (QED) is 0.766. The Balaban J connectivity index is 1.64. The number of amides is 1. The van der Waals surface area contributed by atoms with Gasteiger partial charge < -0.3 is 11.1 Å². The number of fused-ring (bicyclic) bond motifs is 1. The van der Waals surface area contributed by atoms with Crippen molar-refractivity contribution in [2.45, 2.75) is 38.3 Å². The van der Waals surface area contributed by atoms with Crippen LogP contribution in [0.2, 0.25) is 0 Å². The number of rotatable bonds is 3. The highest BCUT2D eigenvalue weighted by Crippen LogP contribution is 2.30. The van der Waals surface area contributed by atoms with E-state index in [0.717, 1.165) is 40.9 Å². The van der Waals surface area contributed by atoms with Crippen molar-refractivity contribution in [3.8, 4) is 11.3 Å². The molecule has 1 fully saturated rings. The fraction of sp³-hybridized carbons (Fsp3) is 0.353. The van der Waals surface area contributed by atoms with Gasteiger partial charge in [0.15, 0.2) is 5.01 Å². The Morgan fingerprint density at radius 2 is 2.29 bits per heavy atom. The van der Waals surface area contributed by atoms with Crippen LogP contribution in [0.4, 0.5) is 0 Å². The van der Waals surface area contributed by atoms with Gasteiger partial charge in [-0.25, -0.2) is 9.50 Å². The summed E-state index contributed by atoms with van der Waals surface area (Å²) in [4.78, 5) is 18.1. The largest absolute Gasteiger partial charge is 0.346 e. The summed E-state index contributed by atoms with van der Waals surface area (Å²) in [6, 6.07) is 6.01. The minimum atomic E-state index is -0.131. The van der Waals surface area contributed by atoms with Crippen LogP contribution in [0, 0.1) is 6.92 Å². The van der Waals surface area contributed by atoms with E-state index in [1.54, 1.807) is 6.20 Å². The Morgan fingerprint density at radius 3 is 3.08 bits per heavy atom. The van der Waals surface area contributed by atoms with Gasteiger partial charge in [-0.1, -0.05) is 6.07 Å². The second-order valence-corrected chi connectivity index (χ2v) is 7.39. The molecule has 124 valence electrons. The topological polar surface area (TPSA) is 85.3 Å². The van der Waals surface area contributed by atoms with Crippen LogP contribution < -0.4 is 11.1 Å². The molecule has 3 aromatic heterocycles. The number of aromatic nitrogens is 3. The van der Waals surface area contributed by atoms with Crippen LogP contribution in [0.3, 0.4) is 0 Å². The average Bonchev–Trinajstić information content (AvgIpc) is 3.27. The molecular weight excluding hydrogens is 322 g/mol. The van der Waals surface area contributed by atoms with Crippen molar-refractivity contribution < 1.29 is 4.79 Å². The summed E-state index contributed by atoms with van der Waals surface area (Å²) in [5.41, 5.74) is 8.79. The zero-order chi connectivity index (χ0) is 16.7. The SMILES string of the molecule is Cc1sc(C(=O)N[C@H]2CCC[C@H]2N)nc1-c1cnn2ccccc12. The molecule has 0 spiro atoms. The molecule has 6 nitrogen and oxygen atoms in total. The van der Waals surface area contributed by atoms with Crippen LogP contribution in [0.1, 0.15) is 33.9 Å². The molecule has 0 aliphatic heterocycles. The van der Waals surface area contributed by atoms with Gasteiger partial charge in [-0.3, -0.25) is 4.79 Å². The number of nitrogens with zero attached hydrogens (tertiary/aromatic N) is 3. The van der Waals surface area contributed by atoms with Gasteiger partial charge >= 0.3 is 0 Å². The fourth-order valence-corrected chi connectivity index (χ4v) is 4.09. The Bertz CT molecular complexity index is 899. The third-order valence-corrected chi connectivity index (χ3v) is 5.53. The molecule has 0 saturated heterocycles. The molecule has 0 aromatic carbocycles. The van der Waals surface area contributed by atoms with E-state index < -0.39 is 0 Å². The maximum absolute atomic E-state index is 12.5. The molecule has 1 saturated carbocycles. The summed E-state index contributed by atoms with van der Waals surface area (Å²) in [5, 5.41) is 7.86. The summed E-state index contributed by atoms with van der Waals surface area (Å²) in [6.07, 6.45) is 6.67. The number of thiazole rings is 1. The van der Waals surface area contributed by atoms with Crippen LogP contribution in [0.15, 0.2) is 30.6 Å². The van der Waals surface area contributed by atoms with Crippen molar-refractivity contribution in [3.05, 3.63) is 40.5 Å². The van der Waals surface area contributed by atoms with Crippen LogP contribution >= 0.6 is 11.3 Å². The lowest BCUT2D eigenvalue weighted by Gasteiger charge is -2.15. The second kappa shape index (κ2) is 5.99. The Kier molecular flexibility index (Phi) is 3.82. The highest BCUT2D eigenvalue weighted by atomic mass is 32.1. The van der Waals surface area contributed by atoms with Gasteiger partial charge in [0.25, 0.3) is 5.91 Å². The molecule has 24 heavy (non-hydrogen) atoms. The number of hydrogen-bond donors (Lipinski definition) is 2. The van der Waals surface area contributed by atoms with Crippen molar-refractivity contribution in [2.75, 3.05) is 0 Å². The predicted octanol–water partition coefficient (Wildman–Crippen LogP) is 2.38. The van der Waals surface area contributed by atoms with Crippen LogP contribution in [-0.2, 0) is 0 Å². The predicted molar refractivity (Wildman–Crippen MR) is 94.1 cm³/mol. The zero-order valence-electron chi connectivity index (χ0n) is 13.4. The lowest BCUT2D eigenvalue weighted by atomic mass is 10.2. The number of carbonyl (C=O) groups excluding carboxylic acids is 1. The molecule has 4 rings (SSSR count). The van der Waals surface area contributed by atoms with Crippen LogP contribution in [-0.4, -0.2) is 32.6 Å². The highest BCUT2D eigenvalue weighted by Gasteiger charge is 2.27. The molecule has 0 bridgehead atoms. The Morgan fingerprint density at radius 1 is 1.42 bits per heavy atom. The van der Waals surface area contributed by atoms with Gasteiger partial charge in [-0.15, -0.1) is 11.3 Å². The number of aryl methyl sites for hydroxylation is 1. The first-order valence-corrected chi connectivity index (χ1v) is 8.92. The van der Waals surface area contributed by atoms with E-state index in [4.69, 9.17) is 5.73 Å². The van der Waals surface area contributed by atoms with Crippen molar-refractivity contribution in [2.24, 2.45) is 5.73 Å². The van der Waals surface area contributed by atoms with E-state index in [-0.39, 0.29) is 18.0 Å². The molecule has 1 aliphatic carbocycles. The smallest absolute Gasteiger partial charge is 0.280 e. The fourth-order valence-electron chi connectivity index (χ4n) is 3.26. The normalized spacial score (nSPS) is 20.6. The number of hydrogen-bond acceptors (Lipinski definition) is 5. The van der Waals surface area contributed by atoms with Gasteiger partial charge in [0.05, 0.1) is 17.4 Å². The number of carbonyl (C=O) groups is 1. The van der Waals surface area contributed by atoms with Crippen LogP contribution in [0.5, 0.6) is 0 Å². The first-order valence-electron chi connectivity index (χ1n) is 8.10. The zero-order valence-corrected chi connectivity index (χ0v) is 14.2. The van der Waals surface area contributed by atoms with E-state index in [9.17, 15) is 4.79 Å². The summed E-state index contributed by atoms with van der Waals surface area (Å²) >= 11 is 1.41. The van der Waals surface area contributed by atoms with Gasteiger partial charge in [0.2, 0.25) is 0 Å². The van der Waals surface area contributed by atoms with Gasteiger partial charge in [-0.05, 0) is 38.3 Å². The maximum atomic E-state index is 12.5. The van der Waals surface area contributed by atoms with Gasteiger partial charge in [0, 0.05) is 28.7 Å². The molecule has 0 radical (unpaired) electrons. The van der Waals surface area contributed by atoms with E-state index >= 15 is 0 Å². The van der Waals surface area contributed by atoms with Crippen molar-refractivity contribution >= 4 is 22.8 Å². The minimum absolute atomic E-state index is 0.0501. The number of nitrogens with two attached hydrogens (primary N) is 1. The molecule has 3 heterocycles. The monoisotopic (exact) mass is 341 g/mol. The molecule has 3 aromatic rings. The standard InChI is InChI=1S/C17H19N5OS/c1-10-15(11-9-19-22-8-3-2-7-14(11)22)21-17(24-10)16(23)20-13-6-4-5-12(13)18/h2-3,7-9,12-13H,4-6,18H2,1H3,(H,20,23)/t12-,13+/m1/s1. The Labute approximate surface area is 143 Å². The first kappa shape index (κ1) is 15.3. The summed E-state index contributed by atoms with van der Waals surface area (Å²) in [6.45, 7) is 1.98. The highest BCUT2D eigenvalue weighted by molar-refractivity contribution is 7.14. The van der Waals surface area contributed by atoms with Crippen molar-refractivity contribution in [3.63, 3.8) is 0 Å². The average molecular weight is 341 g/mol. The van der Waals surface area contributed by atoms with Crippen LogP contribution in [0.25, 0.3) is 16.8 Å². The van der Waals surface area contributed by atoms with Crippen molar-refractivity contribution in [1.29, 1.82) is 0 Å². The molecule has 0 unspecified atom stereocenters. The minimum Gasteiger partial charge on any atom is -0.346 e. The molecule has 1 aliphatic rings. The molecule has 2 atom stereocenters. The van der Waals surface area contributed by atoms with Gasteiger partial charge in [0.1, 0.15) is 0 Å². The molecule has 1 amide bonds. The molecule has 3 N–H and O–H groups in total. The third kappa shape index (κ3) is 2.59. The molecule has 7 heteroatoms. The summed E-state index contributed by atoms with van der Waals surface area (Å²) in [5.74, 6) is -0.131. The summed E-state index contributed by atoms with van der Waals surface area (Å²) < 4.78 is 1.81. The number of pyridine rings is 1. The molecular formula is C17H19N5OS. The maximum Gasteiger partial charge on any atom is 0.280 e. The number of nitrogens with one attached hydrogen (secondary N) is 1. The lowest BCUT2D eigenvalue weighted by molar-refractivity contribution is 0.0934. The van der Waals surface area contributed by atoms with E-state index in [1.165, 1.54) is 11.3 Å². The van der Waals surface area contributed by atoms with Gasteiger partial charge in [-0.2, -0.15) is 5.10 Å². The first-order chi connectivity index (χ1) is 11.6. The van der Waals surface area contributed by atoms with Crippen molar-refractivity contribution in [1.82, 2.24) is 19.9 Å². The Hall–Kier alpha value is -2.25. The summed E-state index contributed by atoms with van der Waals surface area (Å²) in [7, 11) is 0. The van der Waals surface area contributed by atoms with E-state index in [1.807, 2.05) is 35.8 Å². The third-order valence-electron chi connectivity index (χ3n) is 4.56. The second-order valence-electron chi connectivity index (χ2n) is 6.19.